The molecule has 0 aliphatic heterocycles. The predicted octanol–water partition coefficient (Wildman–Crippen LogP) is 5.94. The molecule has 6 nitrogen and oxygen atoms in total. The third-order valence-electron chi connectivity index (χ3n) is 5.48. The molecule has 1 aromatic heterocycles. The molecule has 0 unspecified atom stereocenters. The van der Waals surface area contributed by atoms with Crippen molar-refractivity contribution in [3.63, 3.8) is 0 Å². The number of rotatable bonds is 8. The lowest BCUT2D eigenvalue weighted by atomic mass is 9.94. The molecule has 3 N–H and O–H groups in total. The molecule has 0 aliphatic rings. The summed E-state index contributed by atoms with van der Waals surface area (Å²) in [4.78, 5) is 13.3. The van der Waals surface area contributed by atoms with Gasteiger partial charge in [0.15, 0.2) is 16.9 Å². The molecule has 178 valence electrons. The second-order valence-electron chi connectivity index (χ2n) is 8.88. The van der Waals surface area contributed by atoms with Crippen molar-refractivity contribution in [1.82, 2.24) is 0 Å². The van der Waals surface area contributed by atoms with Crippen LogP contribution in [0.1, 0.15) is 37.5 Å². The van der Waals surface area contributed by atoms with Gasteiger partial charge in [-0.05, 0) is 39.3 Å². The van der Waals surface area contributed by atoms with Gasteiger partial charge in [0.1, 0.15) is 28.2 Å². The van der Waals surface area contributed by atoms with Crippen LogP contribution in [-0.4, -0.2) is 22.4 Å². The average Bonchev–Trinajstić information content (AvgIpc) is 2.74. The molecular formula is C28H30O6. The van der Waals surface area contributed by atoms with Gasteiger partial charge < -0.3 is 24.5 Å². The maximum atomic E-state index is 13.3. The lowest BCUT2D eigenvalue weighted by Crippen LogP contribution is -2.07. The number of hydrogen-bond donors (Lipinski definition) is 3. The minimum Gasteiger partial charge on any atom is -0.507 e. The Morgan fingerprint density at radius 1 is 0.853 bits per heavy atom. The standard InChI is InChI=1S/C28H30O6/c1-14(2)10-18-17(8-9-22(33-7)26(18)31)23-13-21(29)24-27(32)19(11-15(3)4)25(30)20(12-16(5)6)28(24)34-23/h8-9,13,30-32H,1,3,5,10-12H2,2,4,6-7H3. The second kappa shape index (κ2) is 9.51. The van der Waals surface area contributed by atoms with Crippen molar-refractivity contribution < 1.29 is 24.5 Å². The van der Waals surface area contributed by atoms with Gasteiger partial charge in [0, 0.05) is 41.2 Å². The lowest BCUT2D eigenvalue weighted by Gasteiger charge is -2.17. The Bertz CT molecular complexity index is 1390. The summed E-state index contributed by atoms with van der Waals surface area (Å²) in [5, 5.41) is 32.7. The summed E-state index contributed by atoms with van der Waals surface area (Å²) < 4.78 is 11.4. The van der Waals surface area contributed by atoms with Crippen molar-refractivity contribution in [2.75, 3.05) is 7.11 Å². The number of hydrogen-bond acceptors (Lipinski definition) is 6. The van der Waals surface area contributed by atoms with Crippen LogP contribution in [0.15, 0.2) is 63.9 Å². The summed E-state index contributed by atoms with van der Waals surface area (Å²) in [6, 6.07) is 4.54. The second-order valence-corrected chi connectivity index (χ2v) is 8.88. The Hall–Kier alpha value is -3.93. The van der Waals surface area contributed by atoms with E-state index in [0.29, 0.717) is 28.7 Å². The first-order chi connectivity index (χ1) is 16.0. The third kappa shape index (κ3) is 4.57. The number of ether oxygens (including phenoxy) is 1. The van der Waals surface area contributed by atoms with Crippen molar-refractivity contribution in [3.05, 3.63) is 81.6 Å². The number of benzene rings is 2. The molecule has 3 aromatic rings. The Kier molecular flexibility index (Phi) is 6.91. The molecule has 0 spiro atoms. The molecule has 34 heavy (non-hydrogen) atoms. The highest BCUT2D eigenvalue weighted by molar-refractivity contribution is 5.91. The number of methoxy groups -OCH3 is 1. The molecule has 0 aliphatic carbocycles. The van der Waals surface area contributed by atoms with Gasteiger partial charge in [-0.25, -0.2) is 0 Å². The third-order valence-corrected chi connectivity index (χ3v) is 5.48. The molecule has 0 radical (unpaired) electrons. The summed E-state index contributed by atoms with van der Waals surface area (Å²) in [5.74, 6) is -0.0978. The molecule has 1 heterocycles. The Morgan fingerprint density at radius 2 is 1.41 bits per heavy atom. The van der Waals surface area contributed by atoms with E-state index in [9.17, 15) is 20.1 Å². The molecule has 2 aromatic carbocycles. The van der Waals surface area contributed by atoms with Crippen LogP contribution in [-0.2, 0) is 19.3 Å². The van der Waals surface area contributed by atoms with Gasteiger partial charge >= 0.3 is 0 Å². The SMILES string of the molecule is C=C(C)Cc1c(-c2cc(=O)c3c(O)c(CC(=C)C)c(O)c(CC(=C)C)c3o2)ccc(OC)c1O. The fourth-order valence-electron chi connectivity index (χ4n) is 4.04. The van der Waals surface area contributed by atoms with Crippen LogP contribution >= 0.6 is 0 Å². The van der Waals surface area contributed by atoms with Crippen LogP contribution in [0.4, 0.5) is 0 Å². The fraction of sp³-hybridized carbons (Fsp3) is 0.250. The molecule has 0 saturated heterocycles. The van der Waals surface area contributed by atoms with Gasteiger partial charge in [0.2, 0.25) is 0 Å². The first kappa shape index (κ1) is 24.7. The molecule has 0 saturated carbocycles. The largest absolute Gasteiger partial charge is 0.507 e. The molecule has 6 heteroatoms. The molecule has 0 amide bonds. The molecule has 3 rings (SSSR count). The Morgan fingerprint density at radius 3 is 1.97 bits per heavy atom. The van der Waals surface area contributed by atoms with Crippen molar-refractivity contribution in [2.45, 2.75) is 40.0 Å². The van der Waals surface area contributed by atoms with Gasteiger partial charge in [-0.2, -0.15) is 0 Å². The van der Waals surface area contributed by atoms with Crippen LogP contribution in [0, 0.1) is 0 Å². The first-order valence-corrected chi connectivity index (χ1v) is 10.8. The van der Waals surface area contributed by atoms with Crippen LogP contribution in [0.3, 0.4) is 0 Å². The lowest BCUT2D eigenvalue weighted by molar-refractivity contribution is 0.371. The highest BCUT2D eigenvalue weighted by atomic mass is 16.5. The highest BCUT2D eigenvalue weighted by Gasteiger charge is 2.25. The van der Waals surface area contributed by atoms with Crippen LogP contribution in [0.5, 0.6) is 23.0 Å². The predicted molar refractivity (Wildman–Crippen MR) is 135 cm³/mol. The summed E-state index contributed by atoms with van der Waals surface area (Å²) in [7, 11) is 1.45. The van der Waals surface area contributed by atoms with Crippen LogP contribution in [0.25, 0.3) is 22.3 Å². The zero-order chi connectivity index (χ0) is 25.3. The Balaban J connectivity index is 2.43. The van der Waals surface area contributed by atoms with E-state index in [4.69, 9.17) is 9.15 Å². The summed E-state index contributed by atoms with van der Waals surface area (Å²) in [5.41, 5.74) is 3.38. The number of phenolic OH excluding ortho intramolecular Hbond substituents is 3. The van der Waals surface area contributed by atoms with Crippen molar-refractivity contribution >= 4 is 11.0 Å². The van der Waals surface area contributed by atoms with Crippen LogP contribution in [0.2, 0.25) is 0 Å². The monoisotopic (exact) mass is 462 g/mol. The van der Waals surface area contributed by atoms with Crippen molar-refractivity contribution in [1.29, 1.82) is 0 Å². The maximum absolute atomic E-state index is 13.3. The van der Waals surface area contributed by atoms with E-state index in [-0.39, 0.29) is 58.1 Å². The minimum atomic E-state index is -0.476. The van der Waals surface area contributed by atoms with E-state index in [1.807, 2.05) is 6.92 Å². The topological polar surface area (TPSA) is 100 Å². The molecule has 0 bridgehead atoms. The fourth-order valence-corrected chi connectivity index (χ4v) is 4.04. The van der Waals surface area contributed by atoms with Crippen molar-refractivity contribution in [3.8, 4) is 34.3 Å². The normalized spacial score (nSPS) is 10.9. The number of fused-ring (bicyclic) bond motifs is 1. The summed E-state index contributed by atoms with van der Waals surface area (Å²) >= 11 is 0. The summed E-state index contributed by atoms with van der Waals surface area (Å²) in [6.07, 6.45) is 0.768. The van der Waals surface area contributed by atoms with Gasteiger partial charge in [-0.1, -0.05) is 36.5 Å². The van der Waals surface area contributed by atoms with Gasteiger partial charge in [0.25, 0.3) is 0 Å². The molecule has 0 fully saturated rings. The molecule has 0 atom stereocenters. The quantitative estimate of drug-likeness (QED) is 0.358. The highest BCUT2D eigenvalue weighted by Crippen LogP contribution is 2.43. The average molecular weight is 463 g/mol. The van der Waals surface area contributed by atoms with Gasteiger partial charge in [-0.15, -0.1) is 0 Å². The zero-order valence-corrected chi connectivity index (χ0v) is 20.0. The maximum Gasteiger partial charge on any atom is 0.197 e. The van der Waals surface area contributed by atoms with E-state index in [0.717, 1.165) is 11.1 Å². The number of phenols is 3. The zero-order valence-electron chi connectivity index (χ0n) is 20.0. The van der Waals surface area contributed by atoms with E-state index in [2.05, 4.69) is 19.7 Å². The first-order valence-electron chi connectivity index (χ1n) is 10.8. The summed E-state index contributed by atoms with van der Waals surface area (Å²) in [6.45, 7) is 17.1. The van der Waals surface area contributed by atoms with E-state index < -0.39 is 5.43 Å². The van der Waals surface area contributed by atoms with E-state index >= 15 is 0 Å². The van der Waals surface area contributed by atoms with Gasteiger partial charge in [-0.3, -0.25) is 4.79 Å². The number of aromatic hydroxyl groups is 3. The van der Waals surface area contributed by atoms with Crippen molar-refractivity contribution in [2.24, 2.45) is 0 Å². The number of allylic oxidation sites excluding steroid dienone is 3. The molecular weight excluding hydrogens is 432 g/mol. The Labute approximate surface area is 198 Å². The van der Waals surface area contributed by atoms with Gasteiger partial charge in [0.05, 0.1) is 7.11 Å². The van der Waals surface area contributed by atoms with Crippen LogP contribution < -0.4 is 10.2 Å². The van der Waals surface area contributed by atoms with E-state index in [1.165, 1.54) is 13.2 Å². The smallest absolute Gasteiger partial charge is 0.197 e. The minimum absolute atomic E-state index is 0.0202. The van der Waals surface area contributed by atoms with E-state index in [1.54, 1.807) is 26.0 Å².